The molecule has 0 N–H and O–H groups in total. The quantitative estimate of drug-likeness (QED) is 0.180. The molecule has 2 atom stereocenters. The normalized spacial score (nSPS) is 16.4. The number of benzene rings is 3. The monoisotopic (exact) mass is 544 g/mol. The van der Waals surface area contributed by atoms with Gasteiger partial charge < -0.3 is 23.8 Å². The largest absolute Gasteiger partial charge is 0.493 e. The summed E-state index contributed by atoms with van der Waals surface area (Å²) in [4.78, 5) is 3.60. The van der Waals surface area contributed by atoms with Crippen molar-refractivity contribution in [2.75, 3.05) is 25.9 Å². The number of ether oxygens (including phenoxy) is 4. The highest BCUT2D eigenvalue weighted by atomic mass is 32.2. The van der Waals surface area contributed by atoms with Gasteiger partial charge in [0.2, 0.25) is 6.79 Å². The average Bonchev–Trinajstić information content (AvgIpc) is 3.43. The van der Waals surface area contributed by atoms with Gasteiger partial charge in [0.05, 0.1) is 25.5 Å². The molecule has 0 amide bonds. The van der Waals surface area contributed by atoms with Crippen LogP contribution in [0.15, 0.2) is 59.5 Å². The molecule has 6 nitrogen and oxygen atoms in total. The van der Waals surface area contributed by atoms with E-state index in [0.717, 1.165) is 73.6 Å². The minimum Gasteiger partial charge on any atom is -0.493 e. The van der Waals surface area contributed by atoms with Crippen molar-refractivity contribution in [3.63, 3.8) is 0 Å². The number of hydrogen-bond acceptors (Lipinski definition) is 7. The van der Waals surface area contributed by atoms with Crippen molar-refractivity contribution in [2.45, 2.75) is 68.1 Å². The predicted molar refractivity (Wildman–Crippen MR) is 156 cm³/mol. The van der Waals surface area contributed by atoms with Crippen LogP contribution in [-0.4, -0.2) is 32.3 Å². The minimum absolute atomic E-state index is 0.0122. The Morgan fingerprint density at radius 3 is 2.49 bits per heavy atom. The molecule has 5 rings (SSSR count). The Balaban J connectivity index is 1.26. The van der Waals surface area contributed by atoms with Crippen LogP contribution in [0, 0.1) is 18.3 Å². The lowest BCUT2D eigenvalue weighted by atomic mass is 9.91. The van der Waals surface area contributed by atoms with E-state index in [4.69, 9.17) is 18.9 Å². The van der Waals surface area contributed by atoms with Crippen LogP contribution in [0.5, 0.6) is 23.0 Å². The number of unbranched alkanes of at least 4 members (excludes halogenated alkanes) is 2. The van der Waals surface area contributed by atoms with E-state index in [9.17, 15) is 5.26 Å². The van der Waals surface area contributed by atoms with Gasteiger partial charge in [0, 0.05) is 34.4 Å². The summed E-state index contributed by atoms with van der Waals surface area (Å²) in [6.45, 7) is 2.35. The third kappa shape index (κ3) is 6.23. The molecule has 2 heterocycles. The van der Waals surface area contributed by atoms with Gasteiger partial charge in [-0.15, -0.1) is 11.8 Å². The van der Waals surface area contributed by atoms with Crippen LogP contribution in [0.1, 0.15) is 49.7 Å². The maximum absolute atomic E-state index is 9.69. The average molecular weight is 545 g/mol. The summed E-state index contributed by atoms with van der Waals surface area (Å²) in [5.41, 5.74) is 4.76. The Labute approximate surface area is 235 Å². The molecule has 0 saturated heterocycles. The number of rotatable bonds is 11. The summed E-state index contributed by atoms with van der Waals surface area (Å²) in [6, 6.07) is 21.7. The van der Waals surface area contributed by atoms with Gasteiger partial charge in [-0.25, -0.2) is 0 Å². The van der Waals surface area contributed by atoms with E-state index in [1.807, 2.05) is 6.07 Å². The molecule has 3 aromatic carbocycles. The zero-order valence-corrected chi connectivity index (χ0v) is 23.8. The molecule has 0 spiro atoms. The number of aryl methyl sites for hydroxylation is 2. The second-order valence-electron chi connectivity index (χ2n) is 10.1. The van der Waals surface area contributed by atoms with E-state index in [0.29, 0.717) is 6.04 Å². The van der Waals surface area contributed by atoms with Crippen LogP contribution < -0.4 is 23.8 Å². The summed E-state index contributed by atoms with van der Waals surface area (Å²) in [7, 11) is 3.33. The van der Waals surface area contributed by atoms with Gasteiger partial charge in [-0.05, 0) is 68.5 Å². The van der Waals surface area contributed by atoms with Crippen molar-refractivity contribution >= 4 is 23.1 Å². The number of nitrogens with zero attached hydrogens (tertiary/aromatic N) is 2. The minimum atomic E-state index is -0.0122. The van der Waals surface area contributed by atoms with Crippen molar-refractivity contribution in [3.8, 4) is 29.1 Å². The molecule has 204 valence electrons. The first kappa shape index (κ1) is 27.1. The third-order valence-corrected chi connectivity index (χ3v) is 8.71. The summed E-state index contributed by atoms with van der Waals surface area (Å²) in [6.07, 6.45) is 7.32. The summed E-state index contributed by atoms with van der Waals surface area (Å²) in [5, 5.41) is 9.67. The fraction of sp³-hybridized carbons (Fsp3) is 0.406. The second-order valence-corrected chi connectivity index (χ2v) is 11.4. The SMILES string of the molecule is COc1ccc(N2c3cc4c(cc3CCC2CCCCCC(C#N)Sc2ccc(C)cc2)OCO4)cc1OC. The van der Waals surface area contributed by atoms with Crippen LogP contribution in [0.25, 0.3) is 0 Å². The Morgan fingerprint density at radius 2 is 1.74 bits per heavy atom. The Bertz CT molecular complexity index is 1320. The maximum Gasteiger partial charge on any atom is 0.231 e. The summed E-state index contributed by atoms with van der Waals surface area (Å²) in [5.74, 6) is 3.06. The highest BCUT2D eigenvalue weighted by Crippen LogP contribution is 2.46. The first-order valence-corrected chi connectivity index (χ1v) is 14.5. The summed E-state index contributed by atoms with van der Waals surface area (Å²) < 4.78 is 22.5. The lowest BCUT2D eigenvalue weighted by molar-refractivity contribution is 0.174. The molecule has 7 heteroatoms. The van der Waals surface area contributed by atoms with E-state index in [2.05, 4.69) is 66.4 Å². The second kappa shape index (κ2) is 12.6. The molecular formula is C32H36N2O4S. The first-order chi connectivity index (χ1) is 19.1. The van der Waals surface area contributed by atoms with Crippen molar-refractivity contribution in [1.82, 2.24) is 0 Å². The van der Waals surface area contributed by atoms with Crippen LogP contribution in [0.3, 0.4) is 0 Å². The van der Waals surface area contributed by atoms with Gasteiger partial charge in [0.1, 0.15) is 0 Å². The topological polar surface area (TPSA) is 64.0 Å². The number of hydrogen-bond donors (Lipinski definition) is 0. The molecule has 2 unspecified atom stereocenters. The molecule has 2 aliphatic heterocycles. The Morgan fingerprint density at radius 1 is 0.974 bits per heavy atom. The molecule has 3 aromatic rings. The number of nitriles is 1. The van der Waals surface area contributed by atoms with Gasteiger partial charge in [0.25, 0.3) is 0 Å². The predicted octanol–water partition coefficient (Wildman–Crippen LogP) is 7.83. The van der Waals surface area contributed by atoms with Crippen LogP contribution in [-0.2, 0) is 6.42 Å². The van der Waals surface area contributed by atoms with Crippen molar-refractivity contribution in [1.29, 1.82) is 5.26 Å². The van der Waals surface area contributed by atoms with Gasteiger partial charge in [-0.3, -0.25) is 0 Å². The van der Waals surface area contributed by atoms with Crippen molar-refractivity contribution < 1.29 is 18.9 Å². The molecule has 0 aromatic heterocycles. The van der Waals surface area contributed by atoms with Gasteiger partial charge >= 0.3 is 0 Å². The fourth-order valence-electron chi connectivity index (χ4n) is 5.46. The van der Waals surface area contributed by atoms with Crippen LogP contribution in [0.2, 0.25) is 0 Å². The van der Waals surface area contributed by atoms with E-state index in [1.54, 1.807) is 26.0 Å². The molecule has 0 saturated carbocycles. The number of fused-ring (bicyclic) bond motifs is 2. The lowest BCUT2D eigenvalue weighted by Crippen LogP contribution is -2.35. The highest BCUT2D eigenvalue weighted by Gasteiger charge is 2.30. The standard InChI is InChI=1S/C32H36N2O4S/c1-22-9-14-26(15-10-22)39-27(20-33)8-6-4-5-7-24-12-11-23-17-31-32(38-21-37-31)19-28(23)34(24)25-13-16-29(35-2)30(18-25)36-3/h9-10,13-19,24,27H,4-8,11-12,21H2,1-3H3. The van der Waals surface area contributed by atoms with Crippen molar-refractivity contribution in [2.24, 2.45) is 0 Å². The van der Waals surface area contributed by atoms with Crippen LogP contribution >= 0.6 is 11.8 Å². The molecule has 0 fully saturated rings. The number of thioether (sulfide) groups is 1. The molecule has 39 heavy (non-hydrogen) atoms. The van der Waals surface area contributed by atoms with Gasteiger partial charge in [-0.2, -0.15) is 5.26 Å². The Hall–Kier alpha value is -3.50. The van der Waals surface area contributed by atoms with Gasteiger partial charge in [0.15, 0.2) is 23.0 Å². The van der Waals surface area contributed by atoms with Crippen LogP contribution in [0.4, 0.5) is 11.4 Å². The van der Waals surface area contributed by atoms with E-state index in [-0.39, 0.29) is 12.0 Å². The maximum atomic E-state index is 9.69. The molecule has 0 bridgehead atoms. The molecule has 0 radical (unpaired) electrons. The number of anilines is 2. The fourth-order valence-corrected chi connectivity index (χ4v) is 6.42. The highest BCUT2D eigenvalue weighted by molar-refractivity contribution is 8.00. The lowest BCUT2D eigenvalue weighted by Gasteiger charge is -2.39. The zero-order chi connectivity index (χ0) is 27.2. The smallest absolute Gasteiger partial charge is 0.231 e. The molecule has 2 aliphatic rings. The molecular weight excluding hydrogens is 508 g/mol. The van der Waals surface area contributed by atoms with E-state index in [1.165, 1.54) is 21.7 Å². The Kier molecular flexibility index (Phi) is 8.73. The van der Waals surface area contributed by atoms with Gasteiger partial charge in [-0.1, -0.05) is 37.0 Å². The number of methoxy groups -OCH3 is 2. The first-order valence-electron chi connectivity index (χ1n) is 13.7. The molecule has 0 aliphatic carbocycles. The summed E-state index contributed by atoms with van der Waals surface area (Å²) >= 11 is 1.68. The zero-order valence-electron chi connectivity index (χ0n) is 22.9. The third-order valence-electron chi connectivity index (χ3n) is 7.54. The van der Waals surface area contributed by atoms with E-state index < -0.39 is 0 Å². The van der Waals surface area contributed by atoms with E-state index >= 15 is 0 Å². The van der Waals surface area contributed by atoms with Crippen molar-refractivity contribution in [3.05, 3.63) is 65.7 Å².